The van der Waals surface area contributed by atoms with E-state index < -0.39 is 0 Å². The molecule has 222 valence electrons. The number of benzene rings is 1. The quantitative estimate of drug-likeness (QED) is 0.473. The summed E-state index contributed by atoms with van der Waals surface area (Å²) in [5, 5.41) is 3.04. The predicted octanol–water partition coefficient (Wildman–Crippen LogP) is 4.63. The van der Waals surface area contributed by atoms with Crippen LogP contribution < -0.4 is 15.0 Å². The van der Waals surface area contributed by atoms with Crippen LogP contribution >= 0.6 is 0 Å². The first-order chi connectivity index (χ1) is 20.0. The van der Waals surface area contributed by atoms with Gasteiger partial charge in [-0.1, -0.05) is 19.4 Å². The molecule has 1 aromatic heterocycles. The average molecular weight is 563 g/mol. The monoisotopic (exact) mass is 562 g/mol. The maximum Gasteiger partial charge on any atom is 0.321 e. The number of hydrogen-bond donors (Lipinski definition) is 1. The van der Waals surface area contributed by atoms with Crippen LogP contribution in [-0.2, 0) is 4.79 Å². The number of piperidine rings is 2. The van der Waals surface area contributed by atoms with Gasteiger partial charge in [0, 0.05) is 63.2 Å². The Morgan fingerprint density at radius 3 is 2.39 bits per heavy atom. The number of carbonyl (C=O) groups is 2. The molecule has 0 spiro atoms. The van der Waals surface area contributed by atoms with E-state index in [2.05, 4.69) is 38.0 Å². The zero-order valence-electron chi connectivity index (χ0n) is 24.8. The summed E-state index contributed by atoms with van der Waals surface area (Å²) in [5.41, 5.74) is 1.81. The fraction of sp³-hybridized carbons (Fsp3) is 0.594. The van der Waals surface area contributed by atoms with Gasteiger partial charge in [0.2, 0.25) is 5.91 Å². The van der Waals surface area contributed by atoms with Crippen molar-refractivity contribution in [3.8, 4) is 5.75 Å². The summed E-state index contributed by atoms with van der Waals surface area (Å²) in [6.45, 7) is 11.4. The Kier molecular flexibility index (Phi) is 9.98. The highest BCUT2D eigenvalue weighted by atomic mass is 16.5. The second-order valence-electron chi connectivity index (χ2n) is 11.7. The molecular formula is C32H46N6O3. The van der Waals surface area contributed by atoms with E-state index in [0.717, 1.165) is 114 Å². The molecule has 3 aliphatic rings. The molecule has 2 aromatic rings. The van der Waals surface area contributed by atoms with Gasteiger partial charge < -0.3 is 24.8 Å². The number of anilines is 2. The molecule has 9 heteroatoms. The van der Waals surface area contributed by atoms with Gasteiger partial charge in [0.25, 0.3) is 0 Å². The topological polar surface area (TPSA) is 81.2 Å². The molecule has 3 fully saturated rings. The summed E-state index contributed by atoms with van der Waals surface area (Å²) < 4.78 is 5.72. The Morgan fingerprint density at radius 1 is 0.927 bits per heavy atom. The van der Waals surface area contributed by atoms with Crippen molar-refractivity contribution in [2.45, 2.75) is 58.4 Å². The van der Waals surface area contributed by atoms with Crippen molar-refractivity contribution in [2.75, 3.05) is 69.2 Å². The zero-order valence-corrected chi connectivity index (χ0v) is 24.8. The lowest BCUT2D eigenvalue weighted by molar-refractivity contribution is -0.138. The second kappa shape index (κ2) is 14.0. The van der Waals surface area contributed by atoms with Crippen LogP contribution in [0.2, 0.25) is 0 Å². The van der Waals surface area contributed by atoms with Gasteiger partial charge in [-0.15, -0.1) is 0 Å². The lowest BCUT2D eigenvalue weighted by atomic mass is 9.92. The SMILES string of the molecule is CCCCOc1ccc(NC(=O)N2CCC(N3CCC[C@@H](C(=O)N4CCN(c5cccc(C)n5)CC4)C3)CC2)cc1. The molecule has 5 rings (SSSR count). The Bertz CT molecular complexity index is 1140. The molecule has 1 aromatic carbocycles. The van der Waals surface area contributed by atoms with Crippen molar-refractivity contribution in [1.29, 1.82) is 0 Å². The lowest BCUT2D eigenvalue weighted by Crippen LogP contribution is -2.55. The number of aryl methyl sites for hydroxylation is 1. The molecule has 4 heterocycles. The van der Waals surface area contributed by atoms with Gasteiger partial charge in [-0.05, 0) is 82.0 Å². The number of likely N-dealkylation sites (tertiary alicyclic amines) is 2. The van der Waals surface area contributed by atoms with Gasteiger partial charge in [-0.2, -0.15) is 0 Å². The number of nitrogens with zero attached hydrogens (tertiary/aromatic N) is 5. The number of rotatable bonds is 8. The van der Waals surface area contributed by atoms with Crippen LogP contribution in [0.15, 0.2) is 42.5 Å². The van der Waals surface area contributed by atoms with E-state index in [1.807, 2.05) is 48.2 Å². The first-order valence-corrected chi connectivity index (χ1v) is 15.5. The highest BCUT2D eigenvalue weighted by molar-refractivity contribution is 5.89. The molecule has 3 saturated heterocycles. The summed E-state index contributed by atoms with van der Waals surface area (Å²) >= 11 is 0. The van der Waals surface area contributed by atoms with Crippen molar-refractivity contribution in [2.24, 2.45) is 5.92 Å². The summed E-state index contributed by atoms with van der Waals surface area (Å²) in [4.78, 5) is 39.8. The highest BCUT2D eigenvalue weighted by Gasteiger charge is 2.35. The van der Waals surface area contributed by atoms with Crippen LogP contribution in [0.3, 0.4) is 0 Å². The van der Waals surface area contributed by atoms with Crippen molar-refractivity contribution in [3.63, 3.8) is 0 Å². The number of nitrogens with one attached hydrogen (secondary N) is 1. The standard InChI is InChI=1S/C32H46N6O3/c1-3-4-23-41-29-12-10-27(11-13-29)34-32(40)37-17-14-28(15-18-37)38-16-6-8-26(24-38)31(39)36-21-19-35(20-22-36)30-9-5-7-25(2)33-30/h5,7,9-13,26,28H,3-4,6,8,14-24H2,1-2H3,(H,34,40)/t26-/m1/s1. The third-order valence-corrected chi connectivity index (χ3v) is 8.73. The third kappa shape index (κ3) is 7.70. The lowest BCUT2D eigenvalue weighted by Gasteiger charge is -2.43. The summed E-state index contributed by atoms with van der Waals surface area (Å²) in [6.07, 6.45) is 6.06. The number of carbonyl (C=O) groups excluding carboxylic acids is 2. The van der Waals surface area contributed by atoms with Crippen molar-refractivity contribution >= 4 is 23.4 Å². The molecule has 9 nitrogen and oxygen atoms in total. The first-order valence-electron chi connectivity index (χ1n) is 15.5. The first kappa shape index (κ1) is 29.2. The van der Waals surface area contributed by atoms with Crippen LogP contribution in [0.1, 0.15) is 51.1 Å². The number of amides is 3. The Hall–Kier alpha value is -3.33. The molecule has 3 aliphatic heterocycles. The molecule has 0 saturated carbocycles. The fourth-order valence-electron chi connectivity index (χ4n) is 6.26. The van der Waals surface area contributed by atoms with Gasteiger partial charge >= 0.3 is 6.03 Å². The van der Waals surface area contributed by atoms with E-state index in [1.54, 1.807) is 0 Å². The maximum atomic E-state index is 13.5. The Balaban J connectivity index is 1.05. The number of aromatic nitrogens is 1. The number of unbranched alkanes of at least 4 members (excludes halogenated alkanes) is 1. The summed E-state index contributed by atoms with van der Waals surface area (Å²) in [6, 6.07) is 14.1. The van der Waals surface area contributed by atoms with Crippen LogP contribution in [-0.4, -0.2) is 96.6 Å². The molecule has 0 aliphatic carbocycles. The summed E-state index contributed by atoms with van der Waals surface area (Å²) in [7, 11) is 0. The van der Waals surface area contributed by atoms with Crippen molar-refractivity contribution in [1.82, 2.24) is 19.7 Å². The highest BCUT2D eigenvalue weighted by Crippen LogP contribution is 2.26. The zero-order chi connectivity index (χ0) is 28.6. The fourth-order valence-corrected chi connectivity index (χ4v) is 6.26. The van der Waals surface area contributed by atoms with Gasteiger partial charge in [0.1, 0.15) is 11.6 Å². The van der Waals surface area contributed by atoms with E-state index in [4.69, 9.17) is 4.74 Å². The molecular weight excluding hydrogens is 516 g/mol. The second-order valence-corrected chi connectivity index (χ2v) is 11.7. The van der Waals surface area contributed by atoms with Crippen molar-refractivity contribution < 1.29 is 14.3 Å². The summed E-state index contributed by atoms with van der Waals surface area (Å²) in [5.74, 6) is 2.22. The van der Waals surface area contributed by atoms with Crippen LogP contribution in [0.4, 0.5) is 16.3 Å². The van der Waals surface area contributed by atoms with Gasteiger partial charge in [-0.3, -0.25) is 9.69 Å². The van der Waals surface area contributed by atoms with E-state index >= 15 is 0 Å². The molecule has 0 unspecified atom stereocenters. The van der Waals surface area contributed by atoms with Gasteiger partial charge in [0.15, 0.2) is 0 Å². The van der Waals surface area contributed by atoms with Gasteiger partial charge in [-0.25, -0.2) is 9.78 Å². The molecule has 1 atom stereocenters. The van der Waals surface area contributed by atoms with E-state index in [-0.39, 0.29) is 11.9 Å². The third-order valence-electron chi connectivity index (χ3n) is 8.73. The minimum absolute atomic E-state index is 0.0465. The maximum absolute atomic E-state index is 13.5. The smallest absolute Gasteiger partial charge is 0.321 e. The van der Waals surface area contributed by atoms with Gasteiger partial charge in [0.05, 0.1) is 12.5 Å². The molecule has 41 heavy (non-hydrogen) atoms. The van der Waals surface area contributed by atoms with Crippen LogP contribution in [0.25, 0.3) is 0 Å². The molecule has 0 bridgehead atoms. The largest absolute Gasteiger partial charge is 0.494 e. The number of pyridine rings is 1. The molecule has 1 N–H and O–H groups in total. The molecule has 0 radical (unpaired) electrons. The Morgan fingerprint density at radius 2 is 1.68 bits per heavy atom. The van der Waals surface area contributed by atoms with Crippen LogP contribution in [0, 0.1) is 12.8 Å². The van der Waals surface area contributed by atoms with E-state index in [1.165, 1.54) is 0 Å². The number of piperazine rings is 1. The Labute approximate surface area is 244 Å². The average Bonchev–Trinajstić information content (AvgIpc) is 3.02. The predicted molar refractivity (Wildman–Crippen MR) is 163 cm³/mol. The molecule has 3 amide bonds. The number of hydrogen-bond acceptors (Lipinski definition) is 6. The van der Waals surface area contributed by atoms with Crippen LogP contribution in [0.5, 0.6) is 5.75 Å². The minimum atomic E-state index is -0.0465. The van der Waals surface area contributed by atoms with E-state index in [9.17, 15) is 9.59 Å². The normalized spacial score (nSPS) is 20.6. The minimum Gasteiger partial charge on any atom is -0.494 e. The van der Waals surface area contributed by atoms with E-state index in [0.29, 0.717) is 18.6 Å². The number of ether oxygens (including phenoxy) is 1. The van der Waals surface area contributed by atoms with Crippen molar-refractivity contribution in [3.05, 3.63) is 48.2 Å². The number of urea groups is 1.